The Labute approximate surface area is 111 Å². The minimum Gasteiger partial charge on any atom is -0.222 e. The maximum Gasteiger partial charge on any atom is 0.193 e. The number of sulfone groups is 1. The van der Waals surface area contributed by atoms with E-state index in [1.165, 1.54) is 20.8 Å². The fraction of sp³-hybridized carbons (Fsp3) is 0.308. The van der Waals surface area contributed by atoms with E-state index in [1.807, 2.05) is 0 Å². The Hall–Kier alpha value is -1.74. The van der Waals surface area contributed by atoms with Crippen LogP contribution in [0, 0.1) is 23.0 Å². The second-order valence-electron chi connectivity index (χ2n) is 4.90. The third-order valence-corrected chi connectivity index (χ3v) is 4.86. The molecule has 1 aromatic rings. The first-order chi connectivity index (χ1) is 8.59. The van der Waals surface area contributed by atoms with Gasteiger partial charge >= 0.3 is 0 Å². The topological polar surface area (TPSA) is 57.9 Å². The number of nitrogens with zero attached hydrogens (tertiary/aromatic N) is 1. The lowest BCUT2D eigenvalue weighted by Gasteiger charge is -2.18. The van der Waals surface area contributed by atoms with Crippen molar-refractivity contribution in [2.24, 2.45) is 0 Å². The number of nitriles is 1. The van der Waals surface area contributed by atoms with Gasteiger partial charge in [-0.3, -0.25) is 0 Å². The molecule has 1 rings (SSSR count). The van der Waals surface area contributed by atoms with E-state index in [0.29, 0.717) is 6.07 Å². The van der Waals surface area contributed by atoms with E-state index in [0.717, 1.165) is 18.2 Å². The molecule has 19 heavy (non-hydrogen) atoms. The van der Waals surface area contributed by atoms with Crippen LogP contribution in [0.25, 0.3) is 6.08 Å². The van der Waals surface area contributed by atoms with Crippen molar-refractivity contribution in [3.8, 4) is 6.07 Å². The summed E-state index contributed by atoms with van der Waals surface area (Å²) in [5.41, 5.74) is -0.147. The van der Waals surface area contributed by atoms with Crippen molar-refractivity contribution < 1.29 is 17.2 Å². The van der Waals surface area contributed by atoms with E-state index in [4.69, 9.17) is 5.26 Å². The van der Waals surface area contributed by atoms with Gasteiger partial charge in [0.15, 0.2) is 9.84 Å². The van der Waals surface area contributed by atoms with Crippen LogP contribution in [0.1, 0.15) is 26.3 Å². The maximum atomic E-state index is 13.4. The molecule has 0 aliphatic rings. The molecule has 0 fully saturated rings. The number of hydrogen-bond donors (Lipinski definition) is 0. The minimum atomic E-state index is -3.87. The minimum absolute atomic E-state index is 0.147. The first-order valence-electron chi connectivity index (χ1n) is 5.41. The lowest BCUT2D eigenvalue weighted by atomic mass is 10.2. The number of halogens is 2. The van der Waals surface area contributed by atoms with Crippen LogP contribution in [0.4, 0.5) is 8.78 Å². The second-order valence-corrected chi connectivity index (χ2v) is 7.57. The van der Waals surface area contributed by atoms with Crippen LogP contribution in [0.15, 0.2) is 23.1 Å². The molecule has 0 aliphatic heterocycles. The van der Waals surface area contributed by atoms with Crippen LogP contribution >= 0.6 is 0 Å². The van der Waals surface area contributed by atoms with Crippen LogP contribution in [0.2, 0.25) is 0 Å². The van der Waals surface area contributed by atoms with Crippen molar-refractivity contribution in [3.63, 3.8) is 0 Å². The van der Waals surface area contributed by atoms with Gasteiger partial charge in [0.1, 0.15) is 22.6 Å². The Morgan fingerprint density at radius 2 is 1.89 bits per heavy atom. The van der Waals surface area contributed by atoms with Gasteiger partial charge in [-0.25, -0.2) is 17.2 Å². The Morgan fingerprint density at radius 1 is 1.32 bits per heavy atom. The third-order valence-electron chi connectivity index (χ3n) is 2.45. The molecule has 0 saturated carbocycles. The van der Waals surface area contributed by atoms with E-state index >= 15 is 0 Å². The summed E-state index contributed by atoms with van der Waals surface area (Å²) in [6.07, 6.45) is 0.912. The zero-order chi connectivity index (χ0) is 14.8. The van der Waals surface area contributed by atoms with E-state index in [9.17, 15) is 17.2 Å². The molecule has 0 bridgehead atoms. The molecule has 1 aromatic carbocycles. The van der Waals surface area contributed by atoms with Crippen molar-refractivity contribution in [2.75, 3.05) is 0 Å². The first kappa shape index (κ1) is 15.3. The Bertz CT molecular complexity index is 665. The molecule has 0 radical (unpaired) electrons. The molecule has 0 amide bonds. The van der Waals surface area contributed by atoms with Crippen LogP contribution in [0.3, 0.4) is 0 Å². The summed E-state index contributed by atoms with van der Waals surface area (Å²) in [4.78, 5) is -0.550. The van der Waals surface area contributed by atoms with E-state index < -0.39 is 31.1 Å². The van der Waals surface area contributed by atoms with Crippen LogP contribution in [-0.2, 0) is 9.84 Å². The fourth-order valence-corrected chi connectivity index (χ4v) is 2.32. The summed E-state index contributed by atoms with van der Waals surface area (Å²) in [6, 6.07) is 4.26. The summed E-state index contributed by atoms with van der Waals surface area (Å²) in [5, 5.41) is 8.94. The average Bonchev–Trinajstić information content (AvgIpc) is 2.26. The molecule has 0 aliphatic carbocycles. The molecular formula is C13H13F2NO2S. The molecule has 0 saturated heterocycles. The smallest absolute Gasteiger partial charge is 0.193 e. The number of hydrogen-bond acceptors (Lipinski definition) is 3. The SMILES string of the molecule is CC(C)(C)S(=O)(=O)/C(C#N)=C/c1ccc(F)cc1F. The van der Waals surface area contributed by atoms with Crippen molar-refractivity contribution in [2.45, 2.75) is 25.5 Å². The molecule has 0 heterocycles. The summed E-state index contributed by atoms with van der Waals surface area (Å²) < 4.78 is 49.2. The lowest BCUT2D eigenvalue weighted by Crippen LogP contribution is -2.28. The predicted molar refractivity (Wildman–Crippen MR) is 68.6 cm³/mol. The van der Waals surface area contributed by atoms with Gasteiger partial charge in [0.2, 0.25) is 0 Å². The molecule has 0 atom stereocenters. The zero-order valence-electron chi connectivity index (χ0n) is 10.7. The highest BCUT2D eigenvalue weighted by Gasteiger charge is 2.33. The molecule has 0 N–H and O–H groups in total. The molecule has 0 spiro atoms. The van der Waals surface area contributed by atoms with Gasteiger partial charge in [-0.1, -0.05) is 0 Å². The first-order valence-corrected chi connectivity index (χ1v) is 6.89. The van der Waals surface area contributed by atoms with Gasteiger partial charge in [0, 0.05) is 11.6 Å². The van der Waals surface area contributed by atoms with Crippen molar-refractivity contribution in [3.05, 3.63) is 40.3 Å². The highest BCUT2D eigenvalue weighted by molar-refractivity contribution is 7.97. The summed E-state index contributed by atoms with van der Waals surface area (Å²) in [5.74, 6) is -1.69. The van der Waals surface area contributed by atoms with Crippen LogP contribution in [-0.4, -0.2) is 13.2 Å². The monoisotopic (exact) mass is 285 g/mol. The molecule has 0 aromatic heterocycles. The molecule has 3 nitrogen and oxygen atoms in total. The van der Waals surface area contributed by atoms with E-state index in [1.54, 1.807) is 6.07 Å². The molecule has 6 heteroatoms. The number of rotatable bonds is 2. The summed E-state index contributed by atoms with van der Waals surface area (Å²) >= 11 is 0. The van der Waals surface area contributed by atoms with Gasteiger partial charge in [-0.2, -0.15) is 5.26 Å². The zero-order valence-corrected chi connectivity index (χ0v) is 11.6. The van der Waals surface area contributed by atoms with Gasteiger partial charge in [-0.05, 0) is 39.0 Å². The highest BCUT2D eigenvalue weighted by atomic mass is 32.2. The Kier molecular flexibility index (Phi) is 4.11. The highest BCUT2D eigenvalue weighted by Crippen LogP contribution is 2.25. The van der Waals surface area contributed by atoms with Gasteiger partial charge in [0.05, 0.1) is 4.75 Å². The lowest BCUT2D eigenvalue weighted by molar-refractivity contribution is 0.568. The normalized spacial score (nSPS) is 13.2. The second kappa shape index (κ2) is 5.10. The van der Waals surface area contributed by atoms with Crippen LogP contribution < -0.4 is 0 Å². The average molecular weight is 285 g/mol. The van der Waals surface area contributed by atoms with Crippen LogP contribution in [0.5, 0.6) is 0 Å². The number of allylic oxidation sites excluding steroid dienone is 1. The Balaban J connectivity index is 3.41. The standard InChI is InChI=1S/C13H13F2NO2S/c1-13(2,3)19(17,18)11(8-16)6-9-4-5-10(14)7-12(9)15/h4-7H,1-3H3/b11-6+. The molecule has 102 valence electrons. The molecular weight excluding hydrogens is 272 g/mol. The quantitative estimate of drug-likeness (QED) is 0.785. The van der Waals surface area contributed by atoms with E-state index in [-0.39, 0.29) is 5.56 Å². The molecule has 0 unspecified atom stereocenters. The summed E-state index contributed by atoms with van der Waals surface area (Å²) in [7, 11) is -3.87. The van der Waals surface area contributed by atoms with Gasteiger partial charge in [0.25, 0.3) is 0 Å². The Morgan fingerprint density at radius 3 is 2.32 bits per heavy atom. The number of benzene rings is 1. The third kappa shape index (κ3) is 3.18. The van der Waals surface area contributed by atoms with E-state index in [2.05, 4.69) is 0 Å². The largest absolute Gasteiger partial charge is 0.222 e. The van der Waals surface area contributed by atoms with Crippen molar-refractivity contribution in [1.82, 2.24) is 0 Å². The van der Waals surface area contributed by atoms with Gasteiger partial charge < -0.3 is 0 Å². The fourth-order valence-electron chi connectivity index (χ4n) is 1.26. The summed E-state index contributed by atoms with van der Waals surface area (Å²) in [6.45, 7) is 4.32. The maximum absolute atomic E-state index is 13.4. The predicted octanol–water partition coefficient (Wildman–Crippen LogP) is 3.04. The van der Waals surface area contributed by atoms with Gasteiger partial charge in [-0.15, -0.1) is 0 Å². The van der Waals surface area contributed by atoms with Crippen molar-refractivity contribution in [1.29, 1.82) is 5.26 Å². The van der Waals surface area contributed by atoms with Crippen molar-refractivity contribution >= 4 is 15.9 Å².